The summed E-state index contributed by atoms with van der Waals surface area (Å²) in [6.07, 6.45) is 3.85. The van der Waals surface area contributed by atoms with E-state index in [-0.39, 0.29) is 0 Å². The first-order chi connectivity index (χ1) is 8.86. The zero-order chi connectivity index (χ0) is 12.4. The lowest BCUT2D eigenvalue weighted by molar-refractivity contribution is 0.411. The molecule has 0 saturated carbocycles. The van der Waals surface area contributed by atoms with Crippen LogP contribution in [0.5, 0.6) is 0 Å². The molecule has 18 heavy (non-hydrogen) atoms. The van der Waals surface area contributed by atoms with Crippen LogP contribution in [0.25, 0.3) is 5.70 Å². The highest BCUT2D eigenvalue weighted by atomic mass is 15.8. The van der Waals surface area contributed by atoms with Gasteiger partial charge in [0.05, 0.1) is 23.6 Å². The topological polar surface area (TPSA) is 45.4 Å². The SMILES string of the molecule is NN1C(c2ccccn2)=CCN1c1ccccc1. The molecule has 0 spiro atoms. The lowest BCUT2D eigenvalue weighted by Gasteiger charge is -2.29. The van der Waals surface area contributed by atoms with E-state index < -0.39 is 0 Å². The summed E-state index contributed by atoms with van der Waals surface area (Å²) >= 11 is 0. The third kappa shape index (κ3) is 1.83. The van der Waals surface area contributed by atoms with Gasteiger partial charge in [0.2, 0.25) is 0 Å². The molecule has 0 amide bonds. The number of para-hydroxylation sites is 1. The van der Waals surface area contributed by atoms with Gasteiger partial charge in [-0.25, -0.2) is 11.0 Å². The van der Waals surface area contributed by atoms with Crippen LogP contribution in [-0.2, 0) is 0 Å². The van der Waals surface area contributed by atoms with Crippen molar-refractivity contribution in [2.75, 3.05) is 11.6 Å². The van der Waals surface area contributed by atoms with Gasteiger partial charge in [0, 0.05) is 6.20 Å². The number of hydrazine groups is 2. The van der Waals surface area contributed by atoms with E-state index in [0.29, 0.717) is 0 Å². The molecule has 0 radical (unpaired) electrons. The van der Waals surface area contributed by atoms with Gasteiger partial charge in [-0.1, -0.05) is 24.3 Å². The maximum atomic E-state index is 6.14. The summed E-state index contributed by atoms with van der Waals surface area (Å²) in [5.74, 6) is 6.14. The van der Waals surface area contributed by atoms with Crippen molar-refractivity contribution in [2.24, 2.45) is 5.84 Å². The Bertz CT molecular complexity index is 551. The molecule has 0 fully saturated rings. The third-order valence-corrected chi connectivity index (χ3v) is 2.95. The van der Waals surface area contributed by atoms with Crippen molar-refractivity contribution < 1.29 is 0 Å². The Balaban J connectivity index is 1.87. The second-order valence-electron chi connectivity index (χ2n) is 4.07. The Labute approximate surface area is 106 Å². The Morgan fingerprint density at radius 3 is 2.50 bits per heavy atom. The van der Waals surface area contributed by atoms with Gasteiger partial charge in [0.1, 0.15) is 0 Å². The maximum absolute atomic E-state index is 6.14. The molecule has 2 N–H and O–H groups in total. The number of hydrogen-bond donors (Lipinski definition) is 1. The molecule has 3 rings (SSSR count). The molecule has 0 aliphatic carbocycles. The van der Waals surface area contributed by atoms with E-state index in [1.54, 1.807) is 11.3 Å². The minimum Gasteiger partial charge on any atom is -0.267 e. The Hall–Kier alpha value is -2.33. The molecular weight excluding hydrogens is 224 g/mol. The Kier molecular flexibility index (Phi) is 2.70. The van der Waals surface area contributed by atoms with Gasteiger partial charge in [-0.05, 0) is 30.3 Å². The molecule has 2 aromatic rings. The maximum Gasteiger partial charge on any atom is 0.0991 e. The van der Waals surface area contributed by atoms with Gasteiger partial charge in [0.15, 0.2) is 0 Å². The highest BCUT2D eigenvalue weighted by molar-refractivity contribution is 5.67. The van der Waals surface area contributed by atoms with Crippen LogP contribution in [0.4, 0.5) is 5.69 Å². The molecule has 1 aliphatic rings. The van der Waals surface area contributed by atoms with Crippen LogP contribution >= 0.6 is 0 Å². The number of pyridine rings is 1. The molecule has 1 aliphatic heterocycles. The molecule has 0 unspecified atom stereocenters. The van der Waals surface area contributed by atoms with Crippen molar-refractivity contribution >= 4 is 11.4 Å². The van der Waals surface area contributed by atoms with E-state index in [4.69, 9.17) is 5.84 Å². The lowest BCUT2D eigenvalue weighted by atomic mass is 10.3. The third-order valence-electron chi connectivity index (χ3n) is 2.95. The van der Waals surface area contributed by atoms with Crippen LogP contribution in [0.15, 0.2) is 60.8 Å². The average molecular weight is 238 g/mol. The van der Waals surface area contributed by atoms with E-state index in [2.05, 4.69) is 11.1 Å². The fraction of sp³-hybridized carbons (Fsp3) is 0.0714. The standard InChI is InChI=1S/C14H14N4/c15-18-14(13-8-4-5-10-16-13)9-11-17(18)12-6-2-1-3-7-12/h1-10H,11,15H2. The molecule has 4 heteroatoms. The van der Waals surface area contributed by atoms with Crippen LogP contribution in [0.3, 0.4) is 0 Å². The van der Waals surface area contributed by atoms with Gasteiger partial charge in [-0.2, -0.15) is 0 Å². The smallest absolute Gasteiger partial charge is 0.0991 e. The summed E-state index contributed by atoms with van der Waals surface area (Å²) in [4.78, 5) is 4.32. The number of nitrogens with two attached hydrogens (primary N) is 1. The van der Waals surface area contributed by atoms with Gasteiger partial charge in [0.25, 0.3) is 0 Å². The van der Waals surface area contributed by atoms with Crippen molar-refractivity contribution in [1.29, 1.82) is 0 Å². The van der Waals surface area contributed by atoms with E-state index in [0.717, 1.165) is 23.6 Å². The van der Waals surface area contributed by atoms with E-state index in [1.165, 1.54) is 0 Å². The summed E-state index contributed by atoms with van der Waals surface area (Å²) in [5.41, 5.74) is 2.89. The first kappa shape index (κ1) is 10.8. The van der Waals surface area contributed by atoms with Crippen molar-refractivity contribution in [3.63, 3.8) is 0 Å². The van der Waals surface area contributed by atoms with E-state index in [9.17, 15) is 0 Å². The summed E-state index contributed by atoms with van der Waals surface area (Å²) in [5, 5.41) is 3.65. The number of benzene rings is 1. The Morgan fingerprint density at radius 1 is 1.00 bits per heavy atom. The number of nitrogens with zero attached hydrogens (tertiary/aromatic N) is 3. The minimum atomic E-state index is 0.756. The summed E-state index contributed by atoms with van der Waals surface area (Å²) < 4.78 is 0. The van der Waals surface area contributed by atoms with Crippen molar-refractivity contribution in [3.05, 3.63) is 66.5 Å². The van der Waals surface area contributed by atoms with Gasteiger partial charge < -0.3 is 0 Å². The van der Waals surface area contributed by atoms with Crippen LogP contribution in [-0.4, -0.2) is 16.6 Å². The lowest BCUT2D eigenvalue weighted by Crippen LogP contribution is -2.42. The molecule has 1 aromatic carbocycles. The minimum absolute atomic E-state index is 0.756. The predicted octanol–water partition coefficient (Wildman–Crippen LogP) is 2.03. The molecule has 0 bridgehead atoms. The predicted molar refractivity (Wildman–Crippen MR) is 72.0 cm³/mol. The summed E-state index contributed by atoms with van der Waals surface area (Å²) in [6, 6.07) is 15.9. The van der Waals surface area contributed by atoms with Crippen molar-refractivity contribution in [3.8, 4) is 0 Å². The first-order valence-electron chi connectivity index (χ1n) is 5.85. The zero-order valence-electron chi connectivity index (χ0n) is 9.90. The van der Waals surface area contributed by atoms with E-state index in [1.807, 2.05) is 53.5 Å². The van der Waals surface area contributed by atoms with Gasteiger partial charge >= 0.3 is 0 Å². The number of aromatic nitrogens is 1. The fourth-order valence-corrected chi connectivity index (χ4v) is 2.05. The van der Waals surface area contributed by atoms with Crippen LogP contribution < -0.4 is 10.9 Å². The van der Waals surface area contributed by atoms with Crippen molar-refractivity contribution in [1.82, 2.24) is 10.1 Å². The number of rotatable bonds is 2. The van der Waals surface area contributed by atoms with E-state index >= 15 is 0 Å². The molecule has 0 saturated heterocycles. The zero-order valence-corrected chi connectivity index (χ0v) is 9.90. The van der Waals surface area contributed by atoms with Gasteiger partial charge in [-0.15, -0.1) is 0 Å². The van der Waals surface area contributed by atoms with Crippen LogP contribution in [0.1, 0.15) is 5.69 Å². The van der Waals surface area contributed by atoms with Crippen LogP contribution in [0.2, 0.25) is 0 Å². The first-order valence-corrected chi connectivity index (χ1v) is 5.85. The Morgan fingerprint density at radius 2 is 1.78 bits per heavy atom. The normalized spacial score (nSPS) is 14.8. The summed E-state index contributed by atoms with van der Waals surface area (Å²) in [6.45, 7) is 0.756. The molecule has 2 heterocycles. The average Bonchev–Trinajstić information content (AvgIpc) is 2.83. The molecular formula is C14H14N4. The molecule has 4 nitrogen and oxygen atoms in total. The number of anilines is 1. The van der Waals surface area contributed by atoms with Crippen molar-refractivity contribution in [2.45, 2.75) is 0 Å². The number of hydrogen-bond acceptors (Lipinski definition) is 4. The fourth-order valence-electron chi connectivity index (χ4n) is 2.05. The largest absolute Gasteiger partial charge is 0.267 e. The molecule has 1 aromatic heterocycles. The quantitative estimate of drug-likeness (QED) is 0.813. The highest BCUT2D eigenvalue weighted by Gasteiger charge is 2.22. The second kappa shape index (κ2) is 4.50. The summed E-state index contributed by atoms with van der Waals surface area (Å²) in [7, 11) is 0. The molecule has 0 atom stereocenters. The second-order valence-corrected chi connectivity index (χ2v) is 4.07. The van der Waals surface area contributed by atoms with Crippen LogP contribution in [0, 0.1) is 0 Å². The molecule has 90 valence electrons. The monoisotopic (exact) mass is 238 g/mol. The van der Waals surface area contributed by atoms with Gasteiger partial charge in [-0.3, -0.25) is 9.99 Å². The highest BCUT2D eigenvalue weighted by Crippen LogP contribution is 2.26.